The topological polar surface area (TPSA) is 84.3 Å². The molecule has 0 unspecified atom stereocenters. The van der Waals surface area contributed by atoms with E-state index in [2.05, 4.69) is 23.7 Å². The third-order valence-electron chi connectivity index (χ3n) is 5.32. The fourth-order valence-electron chi connectivity index (χ4n) is 3.84. The van der Waals surface area contributed by atoms with Gasteiger partial charge in [0.15, 0.2) is 5.16 Å². The molecule has 1 aliphatic heterocycles. The Labute approximate surface area is 193 Å². The quantitative estimate of drug-likeness (QED) is 0.497. The van der Waals surface area contributed by atoms with Gasteiger partial charge in [0.25, 0.3) is 0 Å². The molecule has 4 rings (SSSR count). The summed E-state index contributed by atoms with van der Waals surface area (Å²) in [5.74, 6) is 0.430. The van der Waals surface area contributed by atoms with E-state index in [9.17, 15) is 13.2 Å². The van der Waals surface area contributed by atoms with Gasteiger partial charge in [-0.1, -0.05) is 43.8 Å². The average molecular weight is 473 g/mol. The van der Waals surface area contributed by atoms with E-state index in [0.717, 1.165) is 35.6 Å². The summed E-state index contributed by atoms with van der Waals surface area (Å²) in [6, 6.07) is 14.4. The Morgan fingerprint density at radius 3 is 2.62 bits per heavy atom. The van der Waals surface area contributed by atoms with E-state index in [-0.39, 0.29) is 16.6 Å². The lowest BCUT2D eigenvalue weighted by Gasteiger charge is -2.16. The van der Waals surface area contributed by atoms with Crippen molar-refractivity contribution in [1.29, 1.82) is 0 Å². The Morgan fingerprint density at radius 2 is 1.88 bits per heavy atom. The predicted octanol–water partition coefficient (Wildman–Crippen LogP) is 4.21. The summed E-state index contributed by atoms with van der Waals surface area (Å²) in [7, 11) is -3.52. The number of carbonyl (C=O) groups is 1. The second kappa shape index (κ2) is 9.64. The molecule has 0 saturated carbocycles. The zero-order valence-corrected chi connectivity index (χ0v) is 20.0. The first-order valence-corrected chi connectivity index (χ1v) is 13.3. The lowest BCUT2D eigenvalue weighted by Crippen LogP contribution is -2.28. The number of rotatable bonds is 8. The molecule has 9 heteroatoms. The number of benzene rings is 2. The maximum atomic E-state index is 12.8. The van der Waals surface area contributed by atoms with Crippen LogP contribution in [0.15, 0.2) is 58.6 Å². The number of hydrogen-bond donors (Lipinski definition) is 1. The van der Waals surface area contributed by atoms with Gasteiger partial charge in [0.2, 0.25) is 15.9 Å². The minimum atomic E-state index is -3.52. The Hall–Kier alpha value is -2.36. The van der Waals surface area contributed by atoms with Crippen LogP contribution in [-0.4, -0.2) is 47.0 Å². The highest BCUT2D eigenvalue weighted by atomic mass is 32.2. The van der Waals surface area contributed by atoms with Crippen LogP contribution >= 0.6 is 11.8 Å². The fraction of sp³-hybridized carbons (Fsp3) is 0.391. The average Bonchev–Trinajstić information content (AvgIpc) is 3.42. The van der Waals surface area contributed by atoms with Crippen molar-refractivity contribution in [3.63, 3.8) is 0 Å². The van der Waals surface area contributed by atoms with E-state index >= 15 is 0 Å². The molecular formula is C23H28N4O3S2. The Balaban J connectivity index is 1.45. The lowest BCUT2D eigenvalue weighted by molar-refractivity contribution is -0.113. The summed E-state index contributed by atoms with van der Waals surface area (Å²) in [4.78, 5) is 17.5. The number of carbonyl (C=O) groups excluding carboxylic acids is 1. The Morgan fingerprint density at radius 1 is 1.12 bits per heavy atom. The van der Waals surface area contributed by atoms with E-state index in [1.165, 1.54) is 22.1 Å². The highest BCUT2D eigenvalue weighted by Gasteiger charge is 2.27. The summed E-state index contributed by atoms with van der Waals surface area (Å²) in [5.41, 5.74) is 2.45. The number of anilines is 1. The largest absolute Gasteiger partial charge is 0.325 e. The fourth-order valence-corrected chi connectivity index (χ4v) is 6.23. The van der Waals surface area contributed by atoms with Gasteiger partial charge in [-0.05, 0) is 49.1 Å². The van der Waals surface area contributed by atoms with Crippen LogP contribution in [0.25, 0.3) is 11.0 Å². The molecule has 2 heterocycles. The summed E-state index contributed by atoms with van der Waals surface area (Å²) in [6.45, 7) is 6.22. The first kappa shape index (κ1) is 22.8. The number of thioether (sulfide) groups is 1. The van der Waals surface area contributed by atoms with Crippen LogP contribution in [-0.2, 0) is 21.4 Å². The molecule has 1 aromatic heterocycles. The summed E-state index contributed by atoms with van der Waals surface area (Å²) in [6.07, 6.45) is 1.77. The van der Waals surface area contributed by atoms with E-state index in [0.29, 0.717) is 24.7 Å². The molecule has 0 bridgehead atoms. The van der Waals surface area contributed by atoms with Crippen molar-refractivity contribution < 1.29 is 13.2 Å². The van der Waals surface area contributed by atoms with Gasteiger partial charge in [0.05, 0.1) is 21.7 Å². The lowest BCUT2D eigenvalue weighted by atomic mass is 10.2. The van der Waals surface area contributed by atoms with Crippen molar-refractivity contribution in [2.24, 2.45) is 5.92 Å². The van der Waals surface area contributed by atoms with Gasteiger partial charge in [-0.2, -0.15) is 4.31 Å². The summed E-state index contributed by atoms with van der Waals surface area (Å²) >= 11 is 1.39. The molecule has 3 aromatic rings. The summed E-state index contributed by atoms with van der Waals surface area (Å²) in [5, 5.41) is 3.64. The number of fused-ring (bicyclic) bond motifs is 1. The second-order valence-electron chi connectivity index (χ2n) is 8.36. The van der Waals surface area contributed by atoms with Crippen LogP contribution in [0.2, 0.25) is 0 Å². The molecular weight excluding hydrogens is 444 g/mol. The van der Waals surface area contributed by atoms with Gasteiger partial charge in [-0.3, -0.25) is 4.79 Å². The van der Waals surface area contributed by atoms with E-state index in [4.69, 9.17) is 4.98 Å². The third kappa shape index (κ3) is 5.00. The van der Waals surface area contributed by atoms with Crippen molar-refractivity contribution in [3.8, 4) is 0 Å². The number of imidazole rings is 1. The van der Waals surface area contributed by atoms with Crippen LogP contribution in [0.4, 0.5) is 5.69 Å². The highest BCUT2D eigenvalue weighted by molar-refractivity contribution is 7.99. The number of nitrogens with one attached hydrogen (secondary N) is 1. The summed E-state index contributed by atoms with van der Waals surface area (Å²) < 4.78 is 29.2. The van der Waals surface area contributed by atoms with Gasteiger partial charge in [0, 0.05) is 25.3 Å². The van der Waals surface area contributed by atoms with Crippen molar-refractivity contribution in [2.45, 2.75) is 43.3 Å². The van der Waals surface area contributed by atoms with Crippen LogP contribution < -0.4 is 5.32 Å². The van der Waals surface area contributed by atoms with Gasteiger partial charge in [-0.25, -0.2) is 13.4 Å². The van der Waals surface area contributed by atoms with Crippen molar-refractivity contribution in [2.75, 3.05) is 24.2 Å². The molecule has 0 spiro atoms. The Bertz CT molecular complexity index is 1210. The van der Waals surface area contributed by atoms with Gasteiger partial charge in [0.1, 0.15) is 0 Å². The van der Waals surface area contributed by atoms with Gasteiger partial charge >= 0.3 is 0 Å². The number of para-hydroxylation sites is 2. The SMILES string of the molecule is CC(C)Cn1c(SCC(=O)Nc2cccc(S(=O)(=O)N3CCCC3)c2)nc2ccccc21. The number of amides is 1. The van der Waals surface area contributed by atoms with E-state index in [1.54, 1.807) is 18.2 Å². The molecule has 32 heavy (non-hydrogen) atoms. The van der Waals surface area contributed by atoms with E-state index < -0.39 is 10.0 Å². The van der Waals surface area contributed by atoms with Crippen LogP contribution in [0.1, 0.15) is 26.7 Å². The predicted molar refractivity (Wildman–Crippen MR) is 128 cm³/mol. The molecule has 170 valence electrons. The normalized spacial score (nSPS) is 15.0. The number of hydrogen-bond acceptors (Lipinski definition) is 5. The monoisotopic (exact) mass is 472 g/mol. The molecule has 0 aliphatic carbocycles. The molecule has 7 nitrogen and oxygen atoms in total. The van der Waals surface area contributed by atoms with Crippen LogP contribution in [0.5, 0.6) is 0 Å². The highest BCUT2D eigenvalue weighted by Crippen LogP contribution is 2.26. The molecule has 2 aromatic carbocycles. The standard InChI is InChI=1S/C23H28N4O3S2/c1-17(2)15-27-21-11-4-3-10-20(21)25-23(27)31-16-22(28)24-18-8-7-9-19(14-18)32(29,30)26-12-5-6-13-26/h3-4,7-11,14,17H,5-6,12-13,15-16H2,1-2H3,(H,24,28). The third-order valence-corrected chi connectivity index (χ3v) is 8.19. The Kier molecular flexibility index (Phi) is 6.88. The van der Waals surface area contributed by atoms with Gasteiger partial charge < -0.3 is 9.88 Å². The minimum Gasteiger partial charge on any atom is -0.325 e. The number of aromatic nitrogens is 2. The van der Waals surface area contributed by atoms with Crippen molar-refractivity contribution >= 4 is 44.4 Å². The van der Waals surface area contributed by atoms with E-state index in [1.807, 2.05) is 24.3 Å². The smallest absolute Gasteiger partial charge is 0.243 e. The zero-order valence-electron chi connectivity index (χ0n) is 18.3. The maximum absolute atomic E-state index is 12.8. The molecule has 1 amide bonds. The first-order chi connectivity index (χ1) is 15.3. The second-order valence-corrected chi connectivity index (χ2v) is 11.2. The zero-order chi connectivity index (χ0) is 22.7. The minimum absolute atomic E-state index is 0.185. The number of sulfonamides is 1. The molecule has 1 saturated heterocycles. The van der Waals surface area contributed by atoms with Crippen molar-refractivity contribution in [3.05, 3.63) is 48.5 Å². The maximum Gasteiger partial charge on any atom is 0.243 e. The molecule has 1 aliphatic rings. The van der Waals surface area contributed by atoms with Crippen molar-refractivity contribution in [1.82, 2.24) is 13.9 Å². The van der Waals surface area contributed by atoms with Crippen LogP contribution in [0, 0.1) is 5.92 Å². The van der Waals surface area contributed by atoms with Crippen LogP contribution in [0.3, 0.4) is 0 Å². The van der Waals surface area contributed by atoms with Gasteiger partial charge in [-0.15, -0.1) is 0 Å². The molecule has 0 radical (unpaired) electrons. The molecule has 0 atom stereocenters. The molecule has 1 N–H and O–H groups in total. The number of nitrogens with zero attached hydrogens (tertiary/aromatic N) is 3. The first-order valence-electron chi connectivity index (χ1n) is 10.8. The molecule has 1 fully saturated rings.